The number of carbonyl (C=O) groups excluding carboxylic acids is 2. The summed E-state index contributed by atoms with van der Waals surface area (Å²) in [6.07, 6.45) is -3.43. The molecule has 1 atom stereocenters. The maximum Gasteiger partial charge on any atom is 0.435 e. The van der Waals surface area contributed by atoms with Crippen LogP contribution in [0.4, 0.5) is 13.2 Å². The lowest BCUT2D eigenvalue weighted by molar-refractivity contribution is -0.142. The summed E-state index contributed by atoms with van der Waals surface area (Å²) >= 11 is 0. The zero-order chi connectivity index (χ0) is 15.8. The van der Waals surface area contributed by atoms with Crippen LogP contribution in [-0.2, 0) is 22.3 Å². The van der Waals surface area contributed by atoms with Crippen LogP contribution >= 0.6 is 0 Å². The molecule has 1 aromatic heterocycles. The number of halogens is 3. The molecule has 2 amide bonds. The molecule has 116 valence electrons. The average molecular weight is 304 g/mol. The van der Waals surface area contributed by atoms with Crippen molar-refractivity contribution in [2.24, 2.45) is 5.73 Å². The van der Waals surface area contributed by atoms with Crippen LogP contribution in [0.25, 0.3) is 0 Å². The first-order chi connectivity index (χ1) is 9.70. The topological polar surface area (TPSA) is 81.2 Å². The van der Waals surface area contributed by atoms with Gasteiger partial charge in [0.05, 0.1) is 0 Å². The zero-order valence-electron chi connectivity index (χ0n) is 11.4. The van der Waals surface area contributed by atoms with E-state index in [-0.39, 0.29) is 12.2 Å². The number of alkyl halides is 3. The van der Waals surface area contributed by atoms with Crippen molar-refractivity contribution >= 4 is 11.8 Å². The van der Waals surface area contributed by atoms with Gasteiger partial charge in [0.2, 0.25) is 11.8 Å². The minimum Gasteiger partial charge on any atom is -0.368 e. The average Bonchev–Trinajstić information content (AvgIpc) is 2.95. The minimum atomic E-state index is -4.55. The second kappa shape index (κ2) is 5.38. The van der Waals surface area contributed by atoms with Gasteiger partial charge in [-0.05, 0) is 25.8 Å². The van der Waals surface area contributed by atoms with Crippen LogP contribution in [0.1, 0.15) is 24.2 Å². The Hall–Kier alpha value is -2.06. The molecule has 0 aliphatic carbocycles. The summed E-state index contributed by atoms with van der Waals surface area (Å²) in [6, 6.07) is 0.193. The van der Waals surface area contributed by atoms with Gasteiger partial charge in [-0.2, -0.15) is 18.3 Å². The maximum atomic E-state index is 12.6. The molecule has 1 saturated heterocycles. The summed E-state index contributed by atoms with van der Waals surface area (Å²) in [7, 11) is 0. The number of carbonyl (C=O) groups is 2. The van der Waals surface area contributed by atoms with Crippen molar-refractivity contribution < 1.29 is 22.8 Å². The van der Waals surface area contributed by atoms with Gasteiger partial charge in [-0.25, -0.2) is 0 Å². The fourth-order valence-corrected chi connectivity index (χ4v) is 2.39. The molecule has 0 spiro atoms. The van der Waals surface area contributed by atoms with Crippen LogP contribution in [0.2, 0.25) is 0 Å². The number of primary amides is 1. The molecule has 1 fully saturated rings. The molecular weight excluding hydrogens is 289 g/mol. The molecule has 0 radical (unpaired) electrons. The van der Waals surface area contributed by atoms with Crippen LogP contribution in [0, 0.1) is 6.92 Å². The predicted octanol–water partition coefficient (Wildman–Crippen LogP) is 0.687. The Balaban J connectivity index is 2.13. The van der Waals surface area contributed by atoms with E-state index >= 15 is 0 Å². The van der Waals surface area contributed by atoms with Crippen molar-refractivity contribution in [3.8, 4) is 0 Å². The Bertz CT molecular complexity index is 567. The van der Waals surface area contributed by atoms with Crippen LogP contribution < -0.4 is 5.73 Å². The lowest BCUT2D eigenvalue weighted by Crippen LogP contribution is -2.45. The SMILES string of the molecule is Cc1cc(C(F)(F)F)nn1CC(=O)N1CCC[C@@H]1C(N)=O. The summed E-state index contributed by atoms with van der Waals surface area (Å²) in [5.74, 6) is -1.06. The van der Waals surface area contributed by atoms with Crippen molar-refractivity contribution in [2.45, 2.75) is 38.5 Å². The Morgan fingerprint density at radius 1 is 1.48 bits per heavy atom. The zero-order valence-corrected chi connectivity index (χ0v) is 11.4. The number of rotatable bonds is 3. The molecule has 6 nitrogen and oxygen atoms in total. The lowest BCUT2D eigenvalue weighted by atomic mass is 10.2. The molecule has 2 rings (SSSR count). The summed E-state index contributed by atoms with van der Waals surface area (Å²) in [6.45, 7) is 1.47. The van der Waals surface area contributed by atoms with Crippen molar-refractivity contribution in [1.82, 2.24) is 14.7 Å². The third-order valence-corrected chi connectivity index (χ3v) is 3.46. The molecule has 2 N–H and O–H groups in total. The highest BCUT2D eigenvalue weighted by atomic mass is 19.4. The Morgan fingerprint density at radius 2 is 2.14 bits per heavy atom. The van der Waals surface area contributed by atoms with Crippen LogP contribution in [0.3, 0.4) is 0 Å². The largest absolute Gasteiger partial charge is 0.435 e. The maximum absolute atomic E-state index is 12.6. The highest BCUT2D eigenvalue weighted by Gasteiger charge is 2.36. The molecular formula is C12H15F3N4O2. The quantitative estimate of drug-likeness (QED) is 0.892. The van der Waals surface area contributed by atoms with Gasteiger partial charge in [0.25, 0.3) is 0 Å². The highest BCUT2D eigenvalue weighted by Crippen LogP contribution is 2.28. The van der Waals surface area contributed by atoms with Crippen LogP contribution in [0.5, 0.6) is 0 Å². The second-order valence-electron chi connectivity index (χ2n) is 4.97. The number of hydrogen-bond acceptors (Lipinski definition) is 3. The van der Waals surface area contributed by atoms with E-state index in [9.17, 15) is 22.8 Å². The number of nitrogens with zero attached hydrogens (tertiary/aromatic N) is 3. The smallest absolute Gasteiger partial charge is 0.368 e. The van der Waals surface area contributed by atoms with E-state index in [1.54, 1.807) is 0 Å². The first-order valence-corrected chi connectivity index (χ1v) is 6.40. The Labute approximate surface area is 118 Å². The molecule has 9 heteroatoms. The summed E-state index contributed by atoms with van der Waals surface area (Å²) in [5.41, 5.74) is 4.39. The van der Waals surface area contributed by atoms with Crippen molar-refractivity contribution in [2.75, 3.05) is 6.54 Å². The Kier molecular flexibility index (Phi) is 3.93. The van der Waals surface area contributed by atoms with Crippen molar-refractivity contribution in [3.63, 3.8) is 0 Å². The molecule has 0 unspecified atom stereocenters. The van der Waals surface area contributed by atoms with Gasteiger partial charge in [0.1, 0.15) is 12.6 Å². The summed E-state index contributed by atoms with van der Waals surface area (Å²) < 4.78 is 38.7. The third kappa shape index (κ3) is 3.17. The van der Waals surface area contributed by atoms with Crippen molar-refractivity contribution in [3.05, 3.63) is 17.5 Å². The third-order valence-electron chi connectivity index (χ3n) is 3.46. The fraction of sp³-hybridized carbons (Fsp3) is 0.583. The van der Waals surface area contributed by atoms with E-state index in [2.05, 4.69) is 5.10 Å². The highest BCUT2D eigenvalue weighted by molar-refractivity contribution is 5.87. The molecule has 0 bridgehead atoms. The Morgan fingerprint density at radius 3 is 2.67 bits per heavy atom. The van der Waals surface area contributed by atoms with Gasteiger partial charge in [-0.3, -0.25) is 14.3 Å². The number of hydrogen-bond donors (Lipinski definition) is 1. The normalized spacial score (nSPS) is 19.0. The molecule has 0 aromatic carbocycles. The monoisotopic (exact) mass is 304 g/mol. The lowest BCUT2D eigenvalue weighted by Gasteiger charge is -2.22. The van der Waals surface area contributed by atoms with Crippen LogP contribution in [0.15, 0.2) is 6.07 Å². The van der Waals surface area contributed by atoms with Gasteiger partial charge in [-0.15, -0.1) is 0 Å². The fourth-order valence-electron chi connectivity index (χ4n) is 2.39. The van der Waals surface area contributed by atoms with E-state index in [1.807, 2.05) is 0 Å². The first-order valence-electron chi connectivity index (χ1n) is 6.40. The summed E-state index contributed by atoms with van der Waals surface area (Å²) in [5, 5.41) is 3.39. The van der Waals surface area contributed by atoms with Gasteiger partial charge >= 0.3 is 6.18 Å². The summed E-state index contributed by atoms with van der Waals surface area (Å²) in [4.78, 5) is 24.6. The molecule has 2 heterocycles. The number of likely N-dealkylation sites (tertiary alicyclic amines) is 1. The van der Waals surface area contributed by atoms with E-state index in [4.69, 9.17) is 5.73 Å². The molecule has 1 aromatic rings. The first kappa shape index (κ1) is 15.3. The van der Waals surface area contributed by atoms with Crippen molar-refractivity contribution in [1.29, 1.82) is 0 Å². The van der Waals surface area contributed by atoms with Gasteiger partial charge in [0, 0.05) is 12.2 Å². The minimum absolute atomic E-state index is 0.227. The van der Waals surface area contributed by atoms with Gasteiger partial charge < -0.3 is 10.6 Å². The standard InChI is InChI=1S/C12H15F3N4O2/c1-7-5-9(12(13,14)15)17-19(7)6-10(20)18-4-2-3-8(18)11(16)21/h5,8H,2-4,6H2,1H3,(H2,16,21)/t8-/m1/s1. The molecule has 21 heavy (non-hydrogen) atoms. The van der Waals surface area contributed by atoms with Crippen LogP contribution in [-0.4, -0.2) is 39.1 Å². The van der Waals surface area contributed by atoms with E-state index < -0.39 is 29.7 Å². The van der Waals surface area contributed by atoms with E-state index in [1.165, 1.54) is 11.8 Å². The molecule has 1 aliphatic rings. The van der Waals surface area contributed by atoms with E-state index in [0.717, 1.165) is 10.7 Å². The number of amides is 2. The van der Waals surface area contributed by atoms with Gasteiger partial charge in [0.15, 0.2) is 5.69 Å². The predicted molar refractivity (Wildman–Crippen MR) is 65.9 cm³/mol. The number of aryl methyl sites for hydroxylation is 1. The van der Waals surface area contributed by atoms with E-state index in [0.29, 0.717) is 19.4 Å². The molecule has 1 aliphatic heterocycles. The number of nitrogens with two attached hydrogens (primary N) is 1. The molecule has 0 saturated carbocycles. The van der Waals surface area contributed by atoms with Gasteiger partial charge in [-0.1, -0.05) is 0 Å². The number of aromatic nitrogens is 2. The second-order valence-corrected chi connectivity index (χ2v) is 4.97.